The standard InChI is InChI=1S/C16H20N2O3/c1-11(2)21-13-7-5-12(6-8-13)18-10-15(19)17-9-3-4-14(17)16(18)20/h5-8,11,14H,3-4,9-10H2,1-2H3. The minimum absolute atomic E-state index is 0.0321. The molecule has 2 aliphatic rings. The first kappa shape index (κ1) is 13.9. The van der Waals surface area contributed by atoms with E-state index in [0.29, 0.717) is 6.54 Å². The van der Waals surface area contributed by atoms with Crippen LogP contribution in [0.25, 0.3) is 0 Å². The minimum atomic E-state index is -0.266. The van der Waals surface area contributed by atoms with Gasteiger partial charge in [0.25, 0.3) is 0 Å². The van der Waals surface area contributed by atoms with Gasteiger partial charge >= 0.3 is 0 Å². The number of anilines is 1. The van der Waals surface area contributed by atoms with Gasteiger partial charge in [-0.1, -0.05) is 0 Å². The first-order valence-corrected chi connectivity index (χ1v) is 7.44. The topological polar surface area (TPSA) is 49.9 Å². The van der Waals surface area contributed by atoms with Gasteiger partial charge in [-0.3, -0.25) is 9.59 Å². The largest absolute Gasteiger partial charge is 0.491 e. The number of benzene rings is 1. The smallest absolute Gasteiger partial charge is 0.250 e. The highest BCUT2D eigenvalue weighted by Gasteiger charge is 2.42. The zero-order valence-corrected chi connectivity index (χ0v) is 12.4. The summed E-state index contributed by atoms with van der Waals surface area (Å²) >= 11 is 0. The first-order chi connectivity index (χ1) is 10.1. The van der Waals surface area contributed by atoms with E-state index < -0.39 is 0 Å². The lowest BCUT2D eigenvalue weighted by molar-refractivity contribution is -0.140. The average Bonchev–Trinajstić information content (AvgIpc) is 2.93. The molecule has 112 valence electrons. The Balaban J connectivity index is 1.79. The van der Waals surface area contributed by atoms with Crippen molar-refractivity contribution in [3.05, 3.63) is 24.3 Å². The summed E-state index contributed by atoms with van der Waals surface area (Å²) in [5.41, 5.74) is 0.760. The molecule has 2 fully saturated rings. The Bertz CT molecular complexity index is 553. The van der Waals surface area contributed by atoms with Gasteiger partial charge in [0.1, 0.15) is 18.3 Å². The maximum atomic E-state index is 12.5. The maximum absolute atomic E-state index is 12.5. The van der Waals surface area contributed by atoms with Crippen LogP contribution in [0, 0.1) is 0 Å². The van der Waals surface area contributed by atoms with Crippen molar-refractivity contribution in [3.63, 3.8) is 0 Å². The molecule has 1 unspecified atom stereocenters. The fourth-order valence-electron chi connectivity index (χ4n) is 3.00. The van der Waals surface area contributed by atoms with E-state index >= 15 is 0 Å². The molecule has 1 atom stereocenters. The summed E-state index contributed by atoms with van der Waals surface area (Å²) < 4.78 is 5.60. The summed E-state index contributed by atoms with van der Waals surface area (Å²) in [5, 5.41) is 0. The second-order valence-electron chi connectivity index (χ2n) is 5.83. The molecule has 2 saturated heterocycles. The molecule has 5 nitrogen and oxygen atoms in total. The Hall–Kier alpha value is -2.04. The van der Waals surface area contributed by atoms with Crippen molar-refractivity contribution < 1.29 is 14.3 Å². The number of nitrogens with zero attached hydrogens (tertiary/aromatic N) is 2. The van der Waals surface area contributed by atoms with E-state index in [4.69, 9.17) is 4.74 Å². The average molecular weight is 288 g/mol. The van der Waals surface area contributed by atoms with Gasteiger partial charge in [0.15, 0.2) is 0 Å². The second-order valence-corrected chi connectivity index (χ2v) is 5.83. The zero-order valence-electron chi connectivity index (χ0n) is 12.4. The number of amides is 2. The van der Waals surface area contributed by atoms with E-state index in [1.54, 1.807) is 9.80 Å². The van der Waals surface area contributed by atoms with Crippen LogP contribution < -0.4 is 9.64 Å². The van der Waals surface area contributed by atoms with E-state index in [0.717, 1.165) is 24.3 Å². The number of carbonyl (C=O) groups is 2. The van der Waals surface area contributed by atoms with E-state index in [1.807, 2.05) is 38.1 Å². The number of piperazine rings is 1. The van der Waals surface area contributed by atoms with Crippen LogP contribution in [0.4, 0.5) is 5.69 Å². The van der Waals surface area contributed by atoms with Gasteiger partial charge in [0, 0.05) is 12.2 Å². The molecule has 1 aromatic rings. The molecule has 2 heterocycles. The fourth-order valence-corrected chi connectivity index (χ4v) is 3.00. The van der Waals surface area contributed by atoms with E-state index in [9.17, 15) is 9.59 Å². The highest BCUT2D eigenvalue weighted by atomic mass is 16.5. The predicted octanol–water partition coefficient (Wildman–Crippen LogP) is 1.81. The Morgan fingerprint density at radius 3 is 2.57 bits per heavy atom. The monoisotopic (exact) mass is 288 g/mol. The van der Waals surface area contributed by atoms with E-state index in [-0.39, 0.29) is 30.5 Å². The number of hydrogen-bond donors (Lipinski definition) is 0. The quantitative estimate of drug-likeness (QED) is 0.852. The lowest BCUT2D eigenvalue weighted by Crippen LogP contribution is -2.57. The van der Waals surface area contributed by atoms with Gasteiger partial charge in [0.05, 0.1) is 6.10 Å². The molecule has 2 aliphatic heterocycles. The molecule has 2 amide bonds. The lowest BCUT2D eigenvalue weighted by Gasteiger charge is -2.36. The van der Waals surface area contributed by atoms with Crippen LogP contribution >= 0.6 is 0 Å². The van der Waals surface area contributed by atoms with Crippen LogP contribution in [-0.2, 0) is 9.59 Å². The normalized spacial score (nSPS) is 22.0. The van der Waals surface area contributed by atoms with E-state index in [2.05, 4.69) is 0 Å². The molecule has 0 N–H and O–H groups in total. The maximum Gasteiger partial charge on any atom is 0.250 e. The molecular weight excluding hydrogens is 268 g/mol. The minimum Gasteiger partial charge on any atom is -0.491 e. The zero-order chi connectivity index (χ0) is 15.0. The Morgan fingerprint density at radius 1 is 1.19 bits per heavy atom. The molecule has 0 saturated carbocycles. The predicted molar refractivity (Wildman–Crippen MR) is 79.3 cm³/mol. The van der Waals surface area contributed by atoms with Gasteiger partial charge in [-0.15, -0.1) is 0 Å². The van der Waals surface area contributed by atoms with Gasteiger partial charge in [-0.2, -0.15) is 0 Å². The van der Waals surface area contributed by atoms with Crippen molar-refractivity contribution in [2.75, 3.05) is 18.0 Å². The Kier molecular flexibility index (Phi) is 3.57. The summed E-state index contributed by atoms with van der Waals surface area (Å²) in [6, 6.07) is 7.10. The van der Waals surface area contributed by atoms with Gasteiger partial charge in [-0.25, -0.2) is 0 Å². The molecule has 3 rings (SSSR count). The first-order valence-electron chi connectivity index (χ1n) is 7.44. The van der Waals surface area contributed by atoms with Crippen LogP contribution in [0.15, 0.2) is 24.3 Å². The summed E-state index contributed by atoms with van der Waals surface area (Å²) in [6.45, 7) is 4.79. The number of carbonyl (C=O) groups excluding carboxylic acids is 2. The van der Waals surface area contributed by atoms with Crippen LogP contribution in [-0.4, -0.2) is 41.9 Å². The van der Waals surface area contributed by atoms with Gasteiger partial charge < -0.3 is 14.5 Å². The highest BCUT2D eigenvalue weighted by Crippen LogP contribution is 2.28. The molecule has 1 aromatic carbocycles. The molecule has 5 heteroatoms. The molecule has 0 aromatic heterocycles. The number of fused-ring (bicyclic) bond motifs is 1. The van der Waals surface area contributed by atoms with Crippen LogP contribution in [0.2, 0.25) is 0 Å². The lowest BCUT2D eigenvalue weighted by atomic mass is 10.1. The molecule has 0 spiro atoms. The Morgan fingerprint density at radius 2 is 1.90 bits per heavy atom. The SMILES string of the molecule is CC(C)Oc1ccc(N2CC(=O)N3CCCC3C2=O)cc1. The highest BCUT2D eigenvalue weighted by molar-refractivity contribution is 6.06. The summed E-state index contributed by atoms with van der Waals surface area (Å²) in [4.78, 5) is 27.9. The van der Waals surface area contributed by atoms with Crippen molar-refractivity contribution in [3.8, 4) is 5.75 Å². The van der Waals surface area contributed by atoms with Crippen molar-refractivity contribution in [1.29, 1.82) is 0 Å². The summed E-state index contributed by atoms with van der Waals surface area (Å²) in [5.74, 6) is 0.844. The van der Waals surface area contributed by atoms with Crippen molar-refractivity contribution >= 4 is 17.5 Å². The third-order valence-corrected chi connectivity index (χ3v) is 3.94. The van der Waals surface area contributed by atoms with Crippen LogP contribution in [0.5, 0.6) is 5.75 Å². The third-order valence-electron chi connectivity index (χ3n) is 3.94. The number of hydrogen-bond acceptors (Lipinski definition) is 3. The summed E-state index contributed by atoms with van der Waals surface area (Å²) in [6.07, 6.45) is 1.80. The molecular formula is C16H20N2O3. The van der Waals surface area contributed by atoms with Gasteiger partial charge in [-0.05, 0) is 51.0 Å². The van der Waals surface area contributed by atoms with Gasteiger partial charge in [0.2, 0.25) is 11.8 Å². The Labute approximate surface area is 124 Å². The second kappa shape index (κ2) is 5.39. The van der Waals surface area contributed by atoms with Crippen molar-refractivity contribution in [2.45, 2.75) is 38.8 Å². The van der Waals surface area contributed by atoms with Crippen LogP contribution in [0.3, 0.4) is 0 Å². The summed E-state index contributed by atoms with van der Waals surface area (Å²) in [7, 11) is 0. The fraction of sp³-hybridized carbons (Fsp3) is 0.500. The molecule has 0 aliphatic carbocycles. The molecule has 0 bridgehead atoms. The molecule has 0 radical (unpaired) electrons. The van der Waals surface area contributed by atoms with E-state index in [1.165, 1.54) is 0 Å². The van der Waals surface area contributed by atoms with Crippen molar-refractivity contribution in [1.82, 2.24) is 4.90 Å². The van der Waals surface area contributed by atoms with Crippen molar-refractivity contribution in [2.24, 2.45) is 0 Å². The third kappa shape index (κ3) is 2.60. The number of rotatable bonds is 3. The molecule has 21 heavy (non-hydrogen) atoms. The van der Waals surface area contributed by atoms with Crippen LogP contribution in [0.1, 0.15) is 26.7 Å². The number of ether oxygens (including phenoxy) is 1.